The Morgan fingerprint density at radius 3 is 2.66 bits per heavy atom. The van der Waals surface area contributed by atoms with Crippen LogP contribution in [-0.2, 0) is 17.6 Å². The minimum Gasteiger partial charge on any atom is -0.480 e. The van der Waals surface area contributed by atoms with Gasteiger partial charge in [0.25, 0.3) is 5.91 Å². The number of aryl methyl sites for hydroxylation is 1. The molecule has 2 aliphatic carbocycles. The summed E-state index contributed by atoms with van der Waals surface area (Å²) in [5.74, 6) is 0.481. The summed E-state index contributed by atoms with van der Waals surface area (Å²) >= 11 is 0. The van der Waals surface area contributed by atoms with Gasteiger partial charge in [0.15, 0.2) is 6.10 Å². The highest BCUT2D eigenvalue weighted by atomic mass is 16.5. The van der Waals surface area contributed by atoms with Crippen molar-refractivity contribution in [2.24, 2.45) is 5.92 Å². The number of carbonyl (C=O) groups excluding carboxylic acids is 1. The molecule has 0 spiro atoms. The number of ether oxygens (including phenoxy) is 1. The fraction of sp³-hybridized carbons (Fsp3) is 0.500. The van der Waals surface area contributed by atoms with Crippen LogP contribution in [0.3, 0.4) is 0 Å². The molecule has 200 valence electrons. The number of hydrogen-bond donors (Lipinski definition) is 1. The van der Waals surface area contributed by atoms with Crippen molar-refractivity contribution in [3.05, 3.63) is 75.6 Å². The van der Waals surface area contributed by atoms with Crippen LogP contribution in [0.25, 0.3) is 11.0 Å². The molecule has 6 heteroatoms. The maximum atomic E-state index is 14.1. The van der Waals surface area contributed by atoms with E-state index in [1.165, 1.54) is 0 Å². The monoisotopic (exact) mass is 515 g/mol. The van der Waals surface area contributed by atoms with Crippen LogP contribution in [0.2, 0.25) is 0 Å². The number of aliphatic hydroxyl groups is 1. The number of piperidine rings is 1. The van der Waals surface area contributed by atoms with Crippen molar-refractivity contribution in [1.29, 1.82) is 0 Å². The first-order valence-corrected chi connectivity index (χ1v) is 14.3. The molecule has 1 aliphatic heterocycles. The number of amides is 1. The third-order valence-electron chi connectivity index (χ3n) is 9.11. The van der Waals surface area contributed by atoms with E-state index in [0.717, 1.165) is 73.4 Å². The first-order valence-electron chi connectivity index (χ1n) is 14.3. The molecular weight excluding hydrogens is 478 g/mol. The smallest absolute Gasteiger partial charge is 0.339 e. The van der Waals surface area contributed by atoms with E-state index in [0.29, 0.717) is 30.7 Å². The van der Waals surface area contributed by atoms with Crippen LogP contribution < -0.4 is 10.4 Å². The molecule has 2 aromatic carbocycles. The summed E-state index contributed by atoms with van der Waals surface area (Å²) in [7, 11) is 0. The van der Waals surface area contributed by atoms with Gasteiger partial charge in [-0.3, -0.25) is 4.79 Å². The number of nitrogens with zero attached hydrogens (tertiary/aromatic N) is 1. The molecule has 3 aliphatic rings. The molecule has 6 nitrogen and oxygen atoms in total. The third-order valence-corrected chi connectivity index (χ3v) is 9.11. The Morgan fingerprint density at radius 1 is 1.08 bits per heavy atom. The maximum absolute atomic E-state index is 14.1. The van der Waals surface area contributed by atoms with Crippen molar-refractivity contribution in [2.75, 3.05) is 6.54 Å². The average molecular weight is 516 g/mol. The fourth-order valence-corrected chi connectivity index (χ4v) is 7.15. The predicted octanol–water partition coefficient (Wildman–Crippen LogP) is 5.72. The van der Waals surface area contributed by atoms with E-state index in [2.05, 4.69) is 12.1 Å². The average Bonchev–Trinajstić information content (AvgIpc) is 2.95. The topological polar surface area (TPSA) is 80.0 Å². The Bertz CT molecular complexity index is 1380. The van der Waals surface area contributed by atoms with Crippen molar-refractivity contribution in [1.82, 2.24) is 4.90 Å². The molecule has 3 aromatic rings. The van der Waals surface area contributed by atoms with Crippen molar-refractivity contribution < 1.29 is 19.1 Å². The highest BCUT2D eigenvalue weighted by molar-refractivity contribution is 5.84. The van der Waals surface area contributed by atoms with Crippen LogP contribution >= 0.6 is 0 Å². The molecular formula is C32H37NO5. The highest BCUT2D eigenvalue weighted by Crippen LogP contribution is 2.49. The molecule has 0 unspecified atom stereocenters. The predicted molar refractivity (Wildman–Crippen MR) is 146 cm³/mol. The molecule has 1 saturated carbocycles. The minimum atomic E-state index is -0.729. The zero-order valence-corrected chi connectivity index (χ0v) is 22.2. The van der Waals surface area contributed by atoms with E-state index in [4.69, 9.17) is 9.15 Å². The SMILES string of the molecule is CC[C@@H](Oc1ccc2c3c(c(=O)oc2c1)CCCC3)C(=O)N1CC[C@]2(O)CCCC[C@@H]2[C@@H]1c1ccccc1. The lowest BCUT2D eigenvalue weighted by Crippen LogP contribution is -2.58. The van der Waals surface area contributed by atoms with Crippen LogP contribution in [0.1, 0.15) is 81.0 Å². The summed E-state index contributed by atoms with van der Waals surface area (Å²) in [6, 6.07) is 15.6. The number of carbonyl (C=O) groups is 1. The zero-order chi connectivity index (χ0) is 26.3. The Kier molecular flexibility index (Phi) is 6.77. The fourth-order valence-electron chi connectivity index (χ4n) is 7.15. The summed E-state index contributed by atoms with van der Waals surface area (Å²) in [6.07, 6.45) is 7.99. The number of rotatable bonds is 5. The van der Waals surface area contributed by atoms with Crippen LogP contribution in [0, 0.1) is 5.92 Å². The number of likely N-dealkylation sites (tertiary alicyclic amines) is 1. The van der Waals surface area contributed by atoms with Gasteiger partial charge in [-0.2, -0.15) is 0 Å². The van der Waals surface area contributed by atoms with Crippen molar-refractivity contribution >= 4 is 16.9 Å². The Balaban J connectivity index is 1.29. The second-order valence-electron chi connectivity index (χ2n) is 11.3. The van der Waals surface area contributed by atoms with E-state index >= 15 is 0 Å². The summed E-state index contributed by atoms with van der Waals surface area (Å²) < 4.78 is 12.0. The quantitative estimate of drug-likeness (QED) is 0.440. The maximum Gasteiger partial charge on any atom is 0.339 e. The second-order valence-corrected chi connectivity index (χ2v) is 11.3. The molecule has 1 amide bonds. The number of hydrogen-bond acceptors (Lipinski definition) is 5. The largest absolute Gasteiger partial charge is 0.480 e. The van der Waals surface area contributed by atoms with E-state index in [9.17, 15) is 14.7 Å². The molecule has 1 saturated heterocycles. The molecule has 2 heterocycles. The molecule has 0 bridgehead atoms. The Hall–Kier alpha value is -3.12. The van der Waals surface area contributed by atoms with Crippen LogP contribution in [0.4, 0.5) is 0 Å². The van der Waals surface area contributed by atoms with Crippen molar-refractivity contribution in [3.63, 3.8) is 0 Å². The minimum absolute atomic E-state index is 0.00924. The third kappa shape index (κ3) is 4.43. The Morgan fingerprint density at radius 2 is 1.87 bits per heavy atom. The van der Waals surface area contributed by atoms with Gasteiger partial charge < -0.3 is 19.2 Å². The standard InChI is InChI=1S/C32H37NO5/c1-2-27(37-22-15-16-24-23-12-6-7-13-25(23)31(35)38-28(24)20-22)30(34)33-19-18-32(36)17-9-8-14-26(32)29(33)21-10-4-3-5-11-21/h3-5,10-11,15-16,20,26-27,29,36H,2,6-9,12-14,17-19H2,1H3/t26-,27-,29+,32-/m1/s1. The van der Waals surface area contributed by atoms with Crippen LogP contribution in [-0.4, -0.2) is 34.2 Å². The highest BCUT2D eigenvalue weighted by Gasteiger charge is 2.50. The van der Waals surface area contributed by atoms with Crippen LogP contribution in [0.15, 0.2) is 57.7 Å². The number of fused-ring (bicyclic) bond motifs is 4. The first kappa shape index (κ1) is 25.2. The van der Waals surface area contributed by atoms with Gasteiger partial charge in [0, 0.05) is 29.5 Å². The molecule has 0 radical (unpaired) electrons. The van der Waals surface area contributed by atoms with Crippen LogP contribution in [0.5, 0.6) is 5.75 Å². The lowest BCUT2D eigenvalue weighted by atomic mass is 9.66. The van der Waals surface area contributed by atoms with Gasteiger partial charge in [0.05, 0.1) is 11.6 Å². The second kappa shape index (κ2) is 10.2. The molecule has 2 fully saturated rings. The van der Waals surface area contributed by atoms with Gasteiger partial charge in [0.2, 0.25) is 0 Å². The molecule has 6 rings (SSSR count). The lowest BCUT2D eigenvalue weighted by molar-refractivity contribution is -0.161. The van der Waals surface area contributed by atoms with Crippen molar-refractivity contribution in [2.45, 2.75) is 88.9 Å². The van der Waals surface area contributed by atoms with E-state index in [1.807, 2.05) is 42.2 Å². The first-order chi connectivity index (χ1) is 18.5. The van der Waals surface area contributed by atoms with Crippen molar-refractivity contribution in [3.8, 4) is 5.75 Å². The number of benzene rings is 2. The van der Waals surface area contributed by atoms with E-state index < -0.39 is 11.7 Å². The summed E-state index contributed by atoms with van der Waals surface area (Å²) in [5.41, 5.74) is 2.50. The summed E-state index contributed by atoms with van der Waals surface area (Å²) in [5, 5.41) is 12.5. The van der Waals surface area contributed by atoms with Gasteiger partial charge in [0.1, 0.15) is 11.3 Å². The summed E-state index contributed by atoms with van der Waals surface area (Å²) in [6.45, 7) is 2.46. The van der Waals surface area contributed by atoms with Gasteiger partial charge >= 0.3 is 5.63 Å². The molecule has 4 atom stereocenters. The van der Waals surface area contributed by atoms with Gasteiger partial charge in [-0.1, -0.05) is 50.1 Å². The normalized spacial score (nSPS) is 25.9. The van der Waals surface area contributed by atoms with Gasteiger partial charge in [-0.05, 0) is 74.6 Å². The Labute approximate surface area is 223 Å². The molecule has 1 aromatic heterocycles. The van der Waals surface area contributed by atoms with Gasteiger partial charge in [-0.25, -0.2) is 4.79 Å². The summed E-state index contributed by atoms with van der Waals surface area (Å²) in [4.78, 5) is 28.6. The molecule has 1 N–H and O–H groups in total. The zero-order valence-electron chi connectivity index (χ0n) is 22.2. The van der Waals surface area contributed by atoms with E-state index in [-0.39, 0.29) is 23.5 Å². The molecule has 38 heavy (non-hydrogen) atoms. The van der Waals surface area contributed by atoms with E-state index in [1.54, 1.807) is 6.07 Å². The lowest BCUT2D eigenvalue weighted by Gasteiger charge is -2.53. The van der Waals surface area contributed by atoms with Gasteiger partial charge in [-0.15, -0.1) is 0 Å².